The highest BCUT2D eigenvalue weighted by molar-refractivity contribution is 7.99. The maximum Gasteiger partial charge on any atom is 0.337 e. The zero-order valence-electron chi connectivity index (χ0n) is 11.0. The van der Waals surface area contributed by atoms with Crippen molar-refractivity contribution in [3.05, 3.63) is 23.8 Å². The second kappa shape index (κ2) is 6.04. The second-order valence-electron chi connectivity index (χ2n) is 4.59. The first-order valence-corrected chi connectivity index (χ1v) is 7.26. The first-order chi connectivity index (χ1) is 9.47. The van der Waals surface area contributed by atoms with Crippen LogP contribution in [0.1, 0.15) is 17.3 Å². The minimum atomic E-state index is -1.20. The van der Waals surface area contributed by atoms with E-state index < -0.39 is 5.97 Å². The van der Waals surface area contributed by atoms with Gasteiger partial charge >= 0.3 is 12.0 Å². The van der Waals surface area contributed by atoms with Gasteiger partial charge in [-0.2, -0.15) is 11.8 Å². The third kappa shape index (κ3) is 3.36. The number of urea groups is 1. The summed E-state index contributed by atoms with van der Waals surface area (Å²) in [6.45, 7) is 3.33. The van der Waals surface area contributed by atoms with Crippen molar-refractivity contribution in [3.8, 4) is 5.75 Å². The van der Waals surface area contributed by atoms with E-state index in [0.29, 0.717) is 18.3 Å². The van der Waals surface area contributed by atoms with Crippen molar-refractivity contribution < 1.29 is 19.8 Å². The summed E-state index contributed by atoms with van der Waals surface area (Å²) in [5, 5.41) is 21.4. The SMILES string of the molecule is CC1CN(C(=O)Nc2ccc(O)cc2C(=O)O)CCS1. The van der Waals surface area contributed by atoms with Gasteiger partial charge in [-0.15, -0.1) is 0 Å². The van der Waals surface area contributed by atoms with Crippen LogP contribution in [-0.2, 0) is 0 Å². The lowest BCUT2D eigenvalue weighted by molar-refractivity contribution is 0.0697. The van der Waals surface area contributed by atoms with Crippen LogP contribution in [-0.4, -0.2) is 51.2 Å². The molecule has 2 amide bonds. The van der Waals surface area contributed by atoms with E-state index in [1.807, 2.05) is 6.92 Å². The number of phenolic OH excluding ortho intramolecular Hbond substituents is 1. The van der Waals surface area contributed by atoms with E-state index in [9.17, 15) is 14.7 Å². The molecule has 1 aromatic carbocycles. The van der Waals surface area contributed by atoms with Crippen molar-refractivity contribution in [2.24, 2.45) is 0 Å². The Bertz CT molecular complexity index is 535. The van der Waals surface area contributed by atoms with Crippen LogP contribution in [0.15, 0.2) is 18.2 Å². The van der Waals surface area contributed by atoms with Gasteiger partial charge in [-0.05, 0) is 18.2 Å². The van der Waals surface area contributed by atoms with Gasteiger partial charge in [0.15, 0.2) is 0 Å². The normalized spacial score (nSPS) is 18.6. The molecule has 1 atom stereocenters. The molecule has 1 aliphatic heterocycles. The number of phenols is 1. The number of anilines is 1. The number of amides is 2. The van der Waals surface area contributed by atoms with Crippen molar-refractivity contribution >= 4 is 29.4 Å². The van der Waals surface area contributed by atoms with Crippen LogP contribution in [0.4, 0.5) is 10.5 Å². The standard InChI is InChI=1S/C13H16N2O4S/c1-8-7-15(4-5-20-8)13(19)14-11-3-2-9(16)6-10(11)12(17)18/h2-3,6,8,16H,4-5,7H2,1H3,(H,14,19)(H,17,18). The Kier molecular flexibility index (Phi) is 4.39. The molecule has 6 nitrogen and oxygen atoms in total. The molecule has 1 fully saturated rings. The van der Waals surface area contributed by atoms with Crippen LogP contribution < -0.4 is 5.32 Å². The van der Waals surface area contributed by atoms with Crippen LogP contribution in [0.5, 0.6) is 5.75 Å². The number of carbonyl (C=O) groups is 2. The molecule has 1 saturated heterocycles. The minimum Gasteiger partial charge on any atom is -0.508 e. The van der Waals surface area contributed by atoms with Crippen LogP contribution in [0.2, 0.25) is 0 Å². The van der Waals surface area contributed by atoms with Crippen LogP contribution in [0, 0.1) is 0 Å². The summed E-state index contributed by atoms with van der Waals surface area (Å²) in [4.78, 5) is 24.9. The topological polar surface area (TPSA) is 89.9 Å². The quantitative estimate of drug-likeness (QED) is 0.727. The van der Waals surface area contributed by atoms with Gasteiger partial charge < -0.3 is 20.4 Å². The average molecular weight is 296 g/mol. The lowest BCUT2D eigenvalue weighted by Gasteiger charge is -2.30. The molecule has 0 bridgehead atoms. The summed E-state index contributed by atoms with van der Waals surface area (Å²) in [7, 11) is 0. The third-order valence-corrected chi connectivity index (χ3v) is 4.14. The molecule has 1 heterocycles. The van der Waals surface area contributed by atoms with Crippen LogP contribution in [0.25, 0.3) is 0 Å². The smallest absolute Gasteiger partial charge is 0.337 e. The minimum absolute atomic E-state index is 0.127. The Morgan fingerprint density at radius 2 is 2.20 bits per heavy atom. The highest BCUT2D eigenvalue weighted by Crippen LogP contribution is 2.23. The summed E-state index contributed by atoms with van der Waals surface area (Å²) < 4.78 is 0. The van der Waals surface area contributed by atoms with Crippen molar-refractivity contribution in [3.63, 3.8) is 0 Å². The van der Waals surface area contributed by atoms with Gasteiger partial charge in [0.05, 0.1) is 11.3 Å². The second-order valence-corrected chi connectivity index (χ2v) is 6.14. The van der Waals surface area contributed by atoms with Gasteiger partial charge in [0.25, 0.3) is 0 Å². The molecule has 3 N–H and O–H groups in total. The zero-order valence-corrected chi connectivity index (χ0v) is 11.8. The maximum absolute atomic E-state index is 12.1. The summed E-state index contributed by atoms with van der Waals surface area (Å²) in [5.41, 5.74) is 0.0592. The van der Waals surface area contributed by atoms with Gasteiger partial charge in [0.1, 0.15) is 5.75 Å². The Hall–Kier alpha value is -1.89. The van der Waals surface area contributed by atoms with E-state index in [0.717, 1.165) is 11.8 Å². The number of thioether (sulfide) groups is 1. The van der Waals surface area contributed by atoms with Gasteiger partial charge in [0.2, 0.25) is 0 Å². The number of nitrogens with zero attached hydrogens (tertiary/aromatic N) is 1. The van der Waals surface area contributed by atoms with E-state index in [1.54, 1.807) is 16.7 Å². The number of carbonyl (C=O) groups excluding carboxylic acids is 1. The molecule has 2 rings (SSSR count). The van der Waals surface area contributed by atoms with E-state index in [1.165, 1.54) is 12.1 Å². The first kappa shape index (κ1) is 14.5. The van der Waals surface area contributed by atoms with E-state index >= 15 is 0 Å². The Morgan fingerprint density at radius 3 is 2.85 bits per heavy atom. The predicted molar refractivity (Wildman–Crippen MR) is 77.6 cm³/mol. The molecule has 1 unspecified atom stereocenters. The molecule has 0 radical (unpaired) electrons. The third-order valence-electron chi connectivity index (χ3n) is 3.00. The fraction of sp³-hybridized carbons (Fsp3) is 0.385. The van der Waals surface area contributed by atoms with E-state index in [-0.39, 0.29) is 23.0 Å². The number of aromatic hydroxyl groups is 1. The maximum atomic E-state index is 12.1. The predicted octanol–water partition coefficient (Wildman–Crippen LogP) is 2.06. The van der Waals surface area contributed by atoms with Crippen molar-refractivity contribution in [1.29, 1.82) is 0 Å². The molecule has 0 saturated carbocycles. The molecule has 0 spiro atoms. The molecule has 1 aromatic rings. The Labute approximate surface area is 120 Å². The number of carboxylic acids is 1. The molecule has 108 valence electrons. The van der Waals surface area contributed by atoms with E-state index in [2.05, 4.69) is 5.32 Å². The van der Waals surface area contributed by atoms with Crippen molar-refractivity contribution in [2.45, 2.75) is 12.2 Å². The Morgan fingerprint density at radius 1 is 1.45 bits per heavy atom. The Balaban J connectivity index is 2.13. The van der Waals surface area contributed by atoms with Gasteiger partial charge in [-0.1, -0.05) is 6.92 Å². The fourth-order valence-corrected chi connectivity index (χ4v) is 3.03. The molecule has 0 aromatic heterocycles. The number of aromatic carboxylic acids is 1. The van der Waals surface area contributed by atoms with Gasteiger partial charge in [-0.25, -0.2) is 9.59 Å². The number of rotatable bonds is 2. The first-order valence-electron chi connectivity index (χ1n) is 6.21. The summed E-state index contributed by atoms with van der Waals surface area (Å²) in [6.07, 6.45) is 0. The number of hydrogen-bond donors (Lipinski definition) is 3. The zero-order chi connectivity index (χ0) is 14.7. The molecular formula is C13H16N2O4S. The summed E-state index contributed by atoms with van der Waals surface area (Å²) >= 11 is 1.81. The highest BCUT2D eigenvalue weighted by atomic mass is 32.2. The van der Waals surface area contributed by atoms with Crippen LogP contribution in [0.3, 0.4) is 0 Å². The number of carboxylic acid groups (broad SMARTS) is 1. The van der Waals surface area contributed by atoms with Crippen LogP contribution >= 0.6 is 11.8 Å². The van der Waals surface area contributed by atoms with Crippen molar-refractivity contribution in [2.75, 3.05) is 24.2 Å². The number of benzene rings is 1. The molecule has 20 heavy (non-hydrogen) atoms. The van der Waals surface area contributed by atoms with Crippen molar-refractivity contribution in [1.82, 2.24) is 4.90 Å². The largest absolute Gasteiger partial charge is 0.508 e. The molecule has 7 heteroatoms. The van der Waals surface area contributed by atoms with Gasteiger partial charge in [0, 0.05) is 24.1 Å². The molecule has 1 aliphatic rings. The number of hydrogen-bond acceptors (Lipinski definition) is 4. The lowest BCUT2D eigenvalue weighted by atomic mass is 10.1. The number of nitrogens with one attached hydrogen (secondary N) is 1. The fourth-order valence-electron chi connectivity index (χ4n) is 2.02. The average Bonchev–Trinajstić information content (AvgIpc) is 2.40. The monoisotopic (exact) mass is 296 g/mol. The van der Waals surface area contributed by atoms with E-state index in [4.69, 9.17) is 5.11 Å². The molecular weight excluding hydrogens is 280 g/mol. The summed E-state index contributed by atoms with van der Waals surface area (Å²) in [5.74, 6) is -0.474. The lowest BCUT2D eigenvalue weighted by Crippen LogP contribution is -2.43. The summed E-state index contributed by atoms with van der Waals surface area (Å²) in [6, 6.07) is 3.53. The highest BCUT2D eigenvalue weighted by Gasteiger charge is 2.22. The van der Waals surface area contributed by atoms with Gasteiger partial charge in [-0.3, -0.25) is 0 Å². The molecule has 0 aliphatic carbocycles.